The molecule has 0 spiro atoms. The molecular formula is C8H4F3IO5S. The molecule has 0 N–H and O–H groups in total. The molecule has 0 aliphatic carbocycles. The lowest BCUT2D eigenvalue weighted by Crippen LogP contribution is -2.28. The molecule has 18 heavy (non-hydrogen) atoms. The third kappa shape index (κ3) is 3.25. The monoisotopic (exact) mass is 396 g/mol. The molecule has 0 unspecified atom stereocenters. The zero-order valence-corrected chi connectivity index (χ0v) is 11.2. The second kappa shape index (κ2) is 5.30. The molecule has 0 radical (unpaired) electrons. The quantitative estimate of drug-likeness (QED) is 0.445. The molecule has 0 aliphatic heterocycles. The Morgan fingerprint density at radius 3 is 2.28 bits per heavy atom. The smallest absolute Gasteiger partial charge is 0.335 e. The van der Waals surface area contributed by atoms with Gasteiger partial charge < -0.3 is 4.18 Å². The average Bonchev–Trinajstić information content (AvgIpc) is 2.26. The number of carbonyl (C=O) groups is 1. The summed E-state index contributed by atoms with van der Waals surface area (Å²) in [7, 11) is -6.01. The van der Waals surface area contributed by atoms with Crippen molar-refractivity contribution in [2.45, 2.75) is 5.51 Å². The average molecular weight is 396 g/mol. The molecule has 0 aliphatic rings. The van der Waals surface area contributed by atoms with Crippen molar-refractivity contribution in [2.24, 2.45) is 0 Å². The Kier molecular flexibility index (Phi) is 4.42. The number of carbonyl (C=O) groups excluding carboxylic acids is 1. The summed E-state index contributed by atoms with van der Waals surface area (Å²) >= 11 is -1.84. The van der Waals surface area contributed by atoms with Crippen molar-refractivity contribution in [1.82, 2.24) is 0 Å². The lowest BCUT2D eigenvalue weighted by atomic mass is 10.2. The second-order valence-corrected chi connectivity index (χ2v) is 5.97. The molecule has 0 fully saturated rings. The van der Waals surface area contributed by atoms with Crippen LogP contribution in [0.25, 0.3) is 0 Å². The molecule has 0 aromatic heterocycles. The molecule has 0 amide bonds. The molecule has 0 saturated heterocycles. The first kappa shape index (κ1) is 15.0. The van der Waals surface area contributed by atoms with Crippen LogP contribution in [-0.2, 0) is 17.4 Å². The number of benzene rings is 1. The van der Waals surface area contributed by atoms with Gasteiger partial charge in [0.25, 0.3) is 0 Å². The molecule has 0 saturated carbocycles. The van der Waals surface area contributed by atoms with Gasteiger partial charge in [0, 0.05) is 0 Å². The topological polar surface area (TPSA) is 77.5 Å². The van der Waals surface area contributed by atoms with E-state index in [1.807, 2.05) is 0 Å². The predicted octanol–water partition coefficient (Wildman–Crippen LogP) is 2.18. The number of hydrogen-bond acceptors (Lipinski definition) is 5. The molecule has 1 aromatic rings. The Balaban J connectivity index is 3.08. The molecule has 0 bridgehead atoms. The van der Waals surface area contributed by atoms with Crippen LogP contribution in [0.5, 0.6) is 0 Å². The SMILES string of the molecule is O=Ic1ccccc1C(=O)OS(=O)(=O)C(F)(F)F. The molecule has 1 rings (SSSR count). The highest BCUT2D eigenvalue weighted by atomic mass is 127. The van der Waals surface area contributed by atoms with Crippen molar-refractivity contribution >= 4 is 37.3 Å². The van der Waals surface area contributed by atoms with E-state index in [1.165, 1.54) is 18.2 Å². The summed E-state index contributed by atoms with van der Waals surface area (Å²) in [6, 6.07) is 4.94. The highest BCUT2D eigenvalue weighted by Crippen LogP contribution is 2.26. The van der Waals surface area contributed by atoms with Crippen LogP contribution < -0.4 is 0 Å². The van der Waals surface area contributed by atoms with Crippen molar-refractivity contribution in [3.05, 3.63) is 33.4 Å². The zero-order valence-electron chi connectivity index (χ0n) is 8.27. The Morgan fingerprint density at radius 2 is 1.78 bits per heavy atom. The van der Waals surface area contributed by atoms with E-state index < -0.39 is 48.4 Å². The maximum atomic E-state index is 12.0. The molecular weight excluding hydrogens is 392 g/mol. The molecule has 1 aromatic carbocycles. The van der Waals surface area contributed by atoms with Crippen LogP contribution in [0, 0.1) is 3.57 Å². The normalized spacial score (nSPS) is 12.2. The van der Waals surface area contributed by atoms with Crippen LogP contribution >= 0.6 is 21.2 Å². The molecule has 0 atom stereocenters. The Hall–Kier alpha value is -1.04. The van der Waals surface area contributed by atoms with Crippen molar-refractivity contribution in [3.63, 3.8) is 0 Å². The Labute approximate surface area is 110 Å². The fourth-order valence-electron chi connectivity index (χ4n) is 0.886. The van der Waals surface area contributed by atoms with E-state index in [-0.39, 0.29) is 3.57 Å². The standard InChI is InChI=1S/C8H4F3IO5S/c9-8(10,11)18(15,16)17-7(13)5-3-1-2-4-6(5)12-14/h1-4H. The summed E-state index contributed by atoms with van der Waals surface area (Å²) in [5.41, 5.74) is -6.16. The maximum absolute atomic E-state index is 12.0. The van der Waals surface area contributed by atoms with E-state index in [0.29, 0.717) is 0 Å². The first-order valence-corrected chi connectivity index (χ1v) is 7.47. The van der Waals surface area contributed by atoms with Gasteiger partial charge in [-0.3, -0.25) is 3.07 Å². The van der Waals surface area contributed by atoms with E-state index in [2.05, 4.69) is 4.18 Å². The molecule has 5 nitrogen and oxygen atoms in total. The van der Waals surface area contributed by atoms with Crippen LogP contribution in [0.3, 0.4) is 0 Å². The van der Waals surface area contributed by atoms with Crippen molar-refractivity contribution in [2.75, 3.05) is 0 Å². The third-order valence-corrected chi connectivity index (χ3v) is 4.00. The van der Waals surface area contributed by atoms with Crippen molar-refractivity contribution < 1.29 is 33.6 Å². The number of alkyl halides is 3. The minimum atomic E-state index is -6.01. The lowest BCUT2D eigenvalue weighted by Gasteiger charge is -2.08. The van der Waals surface area contributed by atoms with Crippen LogP contribution in [0.2, 0.25) is 0 Å². The number of rotatable bonds is 3. The summed E-state index contributed by atoms with van der Waals surface area (Å²) in [5, 5.41) is 0. The van der Waals surface area contributed by atoms with Gasteiger partial charge in [0.05, 0.1) is 9.13 Å². The van der Waals surface area contributed by atoms with Gasteiger partial charge >= 0.3 is 21.6 Å². The highest BCUT2D eigenvalue weighted by Gasteiger charge is 2.49. The summed E-state index contributed by atoms with van der Waals surface area (Å²) in [6.45, 7) is 0. The fraction of sp³-hybridized carbons (Fsp3) is 0.125. The lowest BCUT2D eigenvalue weighted by molar-refractivity contribution is -0.0525. The minimum absolute atomic E-state index is 0.0429. The second-order valence-electron chi connectivity index (χ2n) is 2.83. The van der Waals surface area contributed by atoms with Crippen LogP contribution in [0.1, 0.15) is 10.4 Å². The van der Waals surface area contributed by atoms with Gasteiger partial charge in [-0.25, -0.2) is 4.79 Å². The Bertz CT molecular complexity index is 581. The van der Waals surface area contributed by atoms with Gasteiger partial charge in [0.1, 0.15) is 0 Å². The first-order valence-electron chi connectivity index (χ1n) is 4.10. The van der Waals surface area contributed by atoms with E-state index in [1.54, 1.807) is 0 Å². The largest absolute Gasteiger partial charge is 0.534 e. The number of halogens is 4. The minimum Gasteiger partial charge on any atom is -0.335 e. The van der Waals surface area contributed by atoms with E-state index in [9.17, 15) is 29.5 Å². The van der Waals surface area contributed by atoms with E-state index in [0.717, 1.165) is 6.07 Å². The molecule has 10 heteroatoms. The van der Waals surface area contributed by atoms with Crippen LogP contribution in [0.15, 0.2) is 24.3 Å². The predicted molar refractivity (Wildman–Crippen MR) is 60.2 cm³/mol. The summed E-state index contributed by atoms with van der Waals surface area (Å²) < 4.78 is 71.2. The van der Waals surface area contributed by atoms with Crippen molar-refractivity contribution in [3.8, 4) is 0 Å². The maximum Gasteiger partial charge on any atom is 0.534 e. The zero-order chi connectivity index (χ0) is 14.0. The van der Waals surface area contributed by atoms with Crippen molar-refractivity contribution in [1.29, 1.82) is 0 Å². The first-order chi connectivity index (χ1) is 8.19. The van der Waals surface area contributed by atoms with Gasteiger partial charge in [0.15, 0.2) is 21.2 Å². The van der Waals surface area contributed by atoms with Gasteiger partial charge in [-0.15, -0.1) is 0 Å². The molecule has 0 heterocycles. The summed E-state index contributed by atoms with van der Waals surface area (Å²) in [5.74, 6) is -1.71. The number of hydrogen-bond donors (Lipinski definition) is 0. The van der Waals surface area contributed by atoms with Crippen LogP contribution in [0.4, 0.5) is 13.2 Å². The van der Waals surface area contributed by atoms with Gasteiger partial charge in [-0.05, 0) is 12.1 Å². The third-order valence-electron chi connectivity index (χ3n) is 1.65. The van der Waals surface area contributed by atoms with E-state index in [4.69, 9.17) is 0 Å². The van der Waals surface area contributed by atoms with E-state index >= 15 is 0 Å². The summed E-state index contributed by atoms with van der Waals surface area (Å²) in [4.78, 5) is 11.3. The van der Waals surface area contributed by atoms with Gasteiger partial charge in [-0.1, -0.05) is 12.1 Å². The van der Waals surface area contributed by atoms with Gasteiger partial charge in [-0.2, -0.15) is 21.6 Å². The fourth-order valence-corrected chi connectivity index (χ4v) is 2.26. The Morgan fingerprint density at radius 1 is 1.22 bits per heavy atom. The highest BCUT2D eigenvalue weighted by molar-refractivity contribution is 14.1. The summed E-state index contributed by atoms with van der Waals surface area (Å²) in [6.07, 6.45) is 0. The van der Waals surface area contributed by atoms with Crippen LogP contribution in [-0.4, -0.2) is 19.9 Å². The molecule has 100 valence electrons. The van der Waals surface area contributed by atoms with Gasteiger partial charge in [0.2, 0.25) is 0 Å².